The maximum atomic E-state index is 14.7. The van der Waals surface area contributed by atoms with E-state index in [1.54, 1.807) is 6.07 Å². The molecule has 0 spiro atoms. The number of carbonyl (C=O) groups is 1. The zero-order chi connectivity index (χ0) is 19.7. The van der Waals surface area contributed by atoms with Gasteiger partial charge in [-0.1, -0.05) is 20.3 Å². The molecule has 4 rings (SSSR count). The minimum Gasteiger partial charge on any atom is -0.493 e. The third kappa shape index (κ3) is 4.82. The fraction of sp³-hybridized carbons (Fsp3) is 0.682. The largest absolute Gasteiger partial charge is 0.493 e. The van der Waals surface area contributed by atoms with Gasteiger partial charge in [-0.2, -0.15) is 0 Å². The first-order valence-electron chi connectivity index (χ1n) is 10.6. The van der Waals surface area contributed by atoms with Crippen molar-refractivity contribution in [3.63, 3.8) is 0 Å². The molecular formula is C22H31FN2O2S. The number of rotatable bonds is 7. The maximum absolute atomic E-state index is 14.7. The van der Waals surface area contributed by atoms with Crippen LogP contribution in [0.1, 0.15) is 80.6 Å². The molecule has 1 saturated heterocycles. The number of ether oxygens (including phenoxy) is 1. The average Bonchev–Trinajstić information content (AvgIpc) is 3.42. The maximum Gasteiger partial charge on any atom is 0.265 e. The molecule has 3 aliphatic rings. The lowest BCUT2D eigenvalue weighted by molar-refractivity contribution is 0.0978. The lowest BCUT2D eigenvalue weighted by atomic mass is 9.72. The fourth-order valence-electron chi connectivity index (χ4n) is 4.33. The van der Waals surface area contributed by atoms with Crippen LogP contribution in [-0.2, 0) is 0 Å². The summed E-state index contributed by atoms with van der Waals surface area (Å²) in [5.74, 6) is 0.694. The first-order chi connectivity index (χ1) is 13.4. The van der Waals surface area contributed by atoms with Crippen LogP contribution >= 0.6 is 12.1 Å². The Morgan fingerprint density at radius 1 is 1.29 bits per heavy atom. The lowest BCUT2D eigenvalue weighted by Crippen LogP contribution is -2.35. The van der Waals surface area contributed by atoms with Gasteiger partial charge in [-0.15, -0.1) is 0 Å². The summed E-state index contributed by atoms with van der Waals surface area (Å²) in [4.78, 5) is 12.5. The molecule has 2 saturated carbocycles. The van der Waals surface area contributed by atoms with Crippen LogP contribution in [0, 0.1) is 17.2 Å². The van der Waals surface area contributed by atoms with Crippen LogP contribution in [0.2, 0.25) is 0 Å². The number of nitrogens with one attached hydrogen (secondary N) is 1. The molecule has 1 aliphatic heterocycles. The summed E-state index contributed by atoms with van der Waals surface area (Å²) in [7, 11) is 0. The van der Waals surface area contributed by atoms with Crippen molar-refractivity contribution in [3.8, 4) is 5.75 Å². The van der Waals surface area contributed by atoms with E-state index in [1.165, 1.54) is 37.5 Å². The summed E-state index contributed by atoms with van der Waals surface area (Å²) < 4.78 is 25.7. The number of nitrogens with zero attached hydrogens (tertiary/aromatic N) is 1. The molecule has 4 nitrogen and oxygen atoms in total. The average molecular weight is 407 g/mol. The van der Waals surface area contributed by atoms with E-state index < -0.39 is 5.82 Å². The van der Waals surface area contributed by atoms with Crippen LogP contribution in [0.25, 0.3) is 0 Å². The molecule has 0 aromatic heterocycles. The summed E-state index contributed by atoms with van der Waals surface area (Å²) >= 11 is 1.27. The van der Waals surface area contributed by atoms with Gasteiger partial charge in [0, 0.05) is 31.3 Å². The van der Waals surface area contributed by atoms with Crippen LogP contribution in [0.3, 0.4) is 0 Å². The topological polar surface area (TPSA) is 41.6 Å². The molecule has 0 bridgehead atoms. The van der Waals surface area contributed by atoms with E-state index in [0.717, 1.165) is 44.3 Å². The van der Waals surface area contributed by atoms with Crippen molar-refractivity contribution in [1.29, 1.82) is 0 Å². The molecule has 6 heteroatoms. The molecule has 2 aliphatic carbocycles. The first kappa shape index (κ1) is 20.0. The van der Waals surface area contributed by atoms with Crippen molar-refractivity contribution in [2.75, 3.05) is 19.7 Å². The highest BCUT2D eigenvalue weighted by atomic mass is 32.2. The molecule has 1 atom stereocenters. The number of halogens is 1. The molecule has 1 aromatic carbocycles. The summed E-state index contributed by atoms with van der Waals surface area (Å²) in [6.45, 7) is 7.20. The third-order valence-electron chi connectivity index (χ3n) is 6.23. The number of hydrogen-bond donors (Lipinski definition) is 1. The second-order valence-corrected chi connectivity index (χ2v) is 10.3. The monoisotopic (exact) mass is 406 g/mol. The van der Waals surface area contributed by atoms with E-state index in [2.05, 4.69) is 22.9 Å². The lowest BCUT2D eigenvalue weighted by Gasteiger charge is -2.35. The van der Waals surface area contributed by atoms with Gasteiger partial charge in [0.05, 0.1) is 12.2 Å². The Morgan fingerprint density at radius 2 is 2.07 bits per heavy atom. The van der Waals surface area contributed by atoms with Gasteiger partial charge >= 0.3 is 0 Å². The van der Waals surface area contributed by atoms with Crippen molar-refractivity contribution in [2.45, 2.75) is 64.7 Å². The normalized spacial score (nSPS) is 24.5. The minimum absolute atomic E-state index is 0.126. The summed E-state index contributed by atoms with van der Waals surface area (Å²) in [5, 5.41) is 0. The van der Waals surface area contributed by atoms with Crippen LogP contribution in [-0.4, -0.2) is 29.9 Å². The highest BCUT2D eigenvalue weighted by Crippen LogP contribution is 2.46. The van der Waals surface area contributed by atoms with Crippen LogP contribution < -0.4 is 9.46 Å². The Kier molecular flexibility index (Phi) is 5.88. The van der Waals surface area contributed by atoms with Crippen LogP contribution in [0.15, 0.2) is 12.1 Å². The second kappa shape index (κ2) is 8.23. The summed E-state index contributed by atoms with van der Waals surface area (Å²) in [6.07, 6.45) is 8.15. The molecule has 28 heavy (non-hydrogen) atoms. The Morgan fingerprint density at radius 3 is 2.71 bits per heavy atom. The molecule has 1 heterocycles. The number of hydrogen-bond acceptors (Lipinski definition) is 4. The van der Waals surface area contributed by atoms with Gasteiger partial charge in [-0.25, -0.2) is 8.70 Å². The smallest absolute Gasteiger partial charge is 0.265 e. The predicted molar refractivity (Wildman–Crippen MR) is 111 cm³/mol. The van der Waals surface area contributed by atoms with Gasteiger partial charge in [-0.3, -0.25) is 9.52 Å². The van der Waals surface area contributed by atoms with Crippen LogP contribution in [0.4, 0.5) is 4.39 Å². The number of benzene rings is 1. The molecule has 3 fully saturated rings. The Bertz CT molecular complexity index is 731. The van der Waals surface area contributed by atoms with Gasteiger partial charge in [0.25, 0.3) is 5.91 Å². The zero-order valence-electron chi connectivity index (χ0n) is 16.9. The molecule has 1 amide bonds. The zero-order valence-corrected chi connectivity index (χ0v) is 17.7. The van der Waals surface area contributed by atoms with E-state index in [4.69, 9.17) is 4.74 Å². The number of carbonyl (C=O) groups excluding carboxylic acids is 1. The molecule has 1 N–H and O–H groups in total. The predicted octanol–water partition coefficient (Wildman–Crippen LogP) is 5.30. The molecule has 0 radical (unpaired) electrons. The quantitative estimate of drug-likeness (QED) is 0.624. The Hall–Kier alpha value is -1.27. The van der Waals surface area contributed by atoms with Crippen molar-refractivity contribution in [1.82, 2.24) is 9.03 Å². The van der Waals surface area contributed by atoms with Crippen LogP contribution in [0.5, 0.6) is 5.75 Å². The van der Waals surface area contributed by atoms with E-state index in [-0.39, 0.29) is 11.5 Å². The van der Waals surface area contributed by atoms with E-state index in [1.807, 2.05) is 0 Å². The molecular weight excluding hydrogens is 375 g/mol. The Balaban J connectivity index is 1.43. The SMILES string of the molecule is CC1(C)CCCC(COc2cc(F)c(C(=O)NSN3CCC3)cc2C2CC2)C1. The standard InChI is InChI=1S/C22H31FN2O2S/c1-22(2)8-3-5-15(13-22)14-27-20-12-19(23)18(11-17(20)16-6-7-16)21(26)24-28-25-9-4-10-25/h11-12,15-16H,3-10,13-14H2,1-2H3,(H,24,26). The number of amides is 1. The van der Waals surface area contributed by atoms with E-state index in [9.17, 15) is 9.18 Å². The first-order valence-corrected chi connectivity index (χ1v) is 11.4. The van der Waals surface area contributed by atoms with Crippen molar-refractivity contribution in [3.05, 3.63) is 29.1 Å². The van der Waals surface area contributed by atoms with E-state index in [0.29, 0.717) is 29.6 Å². The van der Waals surface area contributed by atoms with Gasteiger partial charge in [0.1, 0.15) is 11.6 Å². The van der Waals surface area contributed by atoms with E-state index >= 15 is 0 Å². The van der Waals surface area contributed by atoms with Gasteiger partial charge in [-0.05, 0) is 67.4 Å². The van der Waals surface area contributed by atoms with Gasteiger partial charge in [0.2, 0.25) is 0 Å². The summed E-state index contributed by atoms with van der Waals surface area (Å²) in [5.41, 5.74) is 1.49. The van der Waals surface area contributed by atoms with Crippen molar-refractivity contribution >= 4 is 18.0 Å². The van der Waals surface area contributed by atoms with Gasteiger partial charge < -0.3 is 4.74 Å². The second-order valence-electron chi connectivity index (χ2n) is 9.39. The minimum atomic E-state index is -0.495. The highest BCUT2D eigenvalue weighted by Gasteiger charge is 2.31. The molecule has 154 valence electrons. The van der Waals surface area contributed by atoms with Gasteiger partial charge in [0.15, 0.2) is 0 Å². The van der Waals surface area contributed by atoms with Crippen molar-refractivity contribution < 1.29 is 13.9 Å². The fourth-order valence-corrected chi connectivity index (χ4v) is 5.09. The summed E-state index contributed by atoms with van der Waals surface area (Å²) in [6, 6.07) is 3.16. The Labute approximate surface area is 171 Å². The molecule has 1 aromatic rings. The highest BCUT2D eigenvalue weighted by molar-refractivity contribution is 7.95. The molecule has 1 unspecified atom stereocenters. The third-order valence-corrected chi connectivity index (χ3v) is 7.13. The van der Waals surface area contributed by atoms with Crippen molar-refractivity contribution in [2.24, 2.45) is 11.3 Å².